The minimum atomic E-state index is -4.43. The van der Waals surface area contributed by atoms with Crippen LogP contribution >= 0.6 is 0 Å². The van der Waals surface area contributed by atoms with Gasteiger partial charge in [0.25, 0.3) is 11.5 Å². The van der Waals surface area contributed by atoms with E-state index in [2.05, 4.69) is 15.5 Å². The molecule has 0 atom stereocenters. The molecule has 0 aliphatic rings. The van der Waals surface area contributed by atoms with E-state index in [0.29, 0.717) is 16.5 Å². The van der Waals surface area contributed by atoms with E-state index in [1.165, 1.54) is 30.3 Å². The van der Waals surface area contributed by atoms with Gasteiger partial charge in [-0.15, -0.1) is 0 Å². The molecule has 0 spiro atoms. The molecule has 128 valence electrons. The maximum Gasteiger partial charge on any atom is 0.416 e. The summed E-state index contributed by atoms with van der Waals surface area (Å²) < 4.78 is 37.6. The van der Waals surface area contributed by atoms with Crippen molar-refractivity contribution in [1.82, 2.24) is 10.2 Å². The molecular weight excluding hydrogens is 335 g/mol. The maximum atomic E-state index is 12.5. The van der Waals surface area contributed by atoms with Gasteiger partial charge in [-0.3, -0.25) is 9.59 Å². The summed E-state index contributed by atoms with van der Waals surface area (Å²) in [5, 5.41) is 9.65. The lowest BCUT2D eigenvalue weighted by Crippen LogP contribution is -2.14. The van der Waals surface area contributed by atoms with Gasteiger partial charge in [-0.1, -0.05) is 0 Å². The van der Waals surface area contributed by atoms with Crippen molar-refractivity contribution < 1.29 is 18.0 Å². The summed E-state index contributed by atoms with van der Waals surface area (Å²) in [7, 11) is 0. The van der Waals surface area contributed by atoms with Crippen molar-refractivity contribution in [3.05, 3.63) is 69.6 Å². The first-order chi connectivity index (χ1) is 11.8. The number of alkyl halides is 3. The number of carbonyl (C=O) groups excluding carboxylic acids is 1. The molecule has 25 heavy (non-hydrogen) atoms. The number of halogens is 3. The second-order valence-electron chi connectivity index (χ2n) is 5.43. The molecule has 5 nitrogen and oxygen atoms in total. The molecule has 0 radical (unpaired) electrons. The van der Waals surface area contributed by atoms with Crippen LogP contribution in [0.5, 0.6) is 0 Å². The third kappa shape index (κ3) is 3.37. The Hall–Kier alpha value is -3.16. The number of nitrogens with one attached hydrogen (secondary N) is 2. The van der Waals surface area contributed by atoms with Gasteiger partial charge in [-0.2, -0.15) is 18.3 Å². The van der Waals surface area contributed by atoms with Crippen LogP contribution in [0.4, 0.5) is 18.9 Å². The second-order valence-corrected chi connectivity index (χ2v) is 5.43. The van der Waals surface area contributed by atoms with Crippen molar-refractivity contribution in [2.24, 2.45) is 0 Å². The van der Waals surface area contributed by atoms with Crippen molar-refractivity contribution in [2.75, 3.05) is 5.32 Å². The summed E-state index contributed by atoms with van der Waals surface area (Å²) in [6.07, 6.45) is -4.43. The van der Waals surface area contributed by atoms with E-state index in [0.717, 1.165) is 12.1 Å². The highest BCUT2D eigenvalue weighted by molar-refractivity contribution is 6.06. The number of aromatic nitrogens is 2. The minimum absolute atomic E-state index is 0.235. The molecule has 2 aromatic carbocycles. The molecule has 1 heterocycles. The third-order valence-corrected chi connectivity index (χ3v) is 3.71. The highest BCUT2D eigenvalue weighted by Crippen LogP contribution is 2.29. The zero-order valence-corrected chi connectivity index (χ0v) is 12.9. The van der Waals surface area contributed by atoms with Crippen molar-refractivity contribution in [3.63, 3.8) is 0 Å². The summed E-state index contributed by atoms with van der Waals surface area (Å²) in [5.74, 6) is -0.499. The van der Waals surface area contributed by atoms with Gasteiger partial charge in [-0.25, -0.2) is 5.10 Å². The van der Waals surface area contributed by atoms with Crippen LogP contribution in [0, 0.1) is 6.92 Å². The fourth-order valence-corrected chi connectivity index (χ4v) is 2.38. The smallest absolute Gasteiger partial charge is 0.322 e. The number of benzene rings is 2. The lowest BCUT2D eigenvalue weighted by molar-refractivity contribution is -0.137. The molecule has 8 heteroatoms. The first-order valence-electron chi connectivity index (χ1n) is 7.23. The Bertz CT molecular complexity index is 1010. The quantitative estimate of drug-likeness (QED) is 0.745. The van der Waals surface area contributed by atoms with Gasteiger partial charge in [0.2, 0.25) is 0 Å². The van der Waals surface area contributed by atoms with E-state index in [9.17, 15) is 22.8 Å². The molecule has 3 rings (SSSR count). The van der Waals surface area contributed by atoms with E-state index in [1.54, 1.807) is 6.92 Å². The van der Waals surface area contributed by atoms with Crippen LogP contribution in [-0.2, 0) is 6.18 Å². The molecule has 0 saturated carbocycles. The molecule has 3 aromatic rings. The van der Waals surface area contributed by atoms with Crippen LogP contribution in [0.1, 0.15) is 21.6 Å². The minimum Gasteiger partial charge on any atom is -0.322 e. The Kier molecular flexibility index (Phi) is 4.03. The van der Waals surface area contributed by atoms with E-state index in [4.69, 9.17) is 0 Å². The number of amides is 1. The number of hydrogen-bond acceptors (Lipinski definition) is 3. The number of aryl methyl sites for hydroxylation is 1. The lowest BCUT2D eigenvalue weighted by atomic mass is 10.1. The first-order valence-corrected chi connectivity index (χ1v) is 7.23. The average Bonchev–Trinajstić information content (AvgIpc) is 2.57. The molecule has 1 amide bonds. The monoisotopic (exact) mass is 347 g/mol. The lowest BCUT2D eigenvalue weighted by Gasteiger charge is -2.09. The topological polar surface area (TPSA) is 74.8 Å². The zero-order chi connectivity index (χ0) is 18.2. The maximum absolute atomic E-state index is 12.5. The average molecular weight is 347 g/mol. The number of anilines is 1. The van der Waals surface area contributed by atoms with E-state index in [-0.39, 0.29) is 16.8 Å². The number of nitrogens with zero attached hydrogens (tertiary/aromatic N) is 1. The Labute approximate surface area is 139 Å². The Morgan fingerprint density at radius 3 is 2.40 bits per heavy atom. The van der Waals surface area contributed by atoms with Crippen molar-refractivity contribution in [3.8, 4) is 0 Å². The predicted molar refractivity (Wildman–Crippen MR) is 86.5 cm³/mol. The zero-order valence-electron chi connectivity index (χ0n) is 12.9. The van der Waals surface area contributed by atoms with E-state index >= 15 is 0 Å². The molecule has 0 aliphatic carbocycles. The summed E-state index contributed by atoms with van der Waals surface area (Å²) in [4.78, 5) is 24.0. The fraction of sp³-hybridized carbons (Fsp3) is 0.118. The predicted octanol–water partition coefficient (Wildman–Crippen LogP) is 3.50. The largest absolute Gasteiger partial charge is 0.416 e. The summed E-state index contributed by atoms with van der Waals surface area (Å²) in [5.41, 5.74) is -0.104. The molecule has 0 unspecified atom stereocenters. The van der Waals surface area contributed by atoms with Crippen LogP contribution in [0.3, 0.4) is 0 Å². The van der Waals surface area contributed by atoms with Gasteiger partial charge in [0.05, 0.1) is 16.6 Å². The number of carbonyl (C=O) groups is 1. The van der Waals surface area contributed by atoms with Gasteiger partial charge in [0.15, 0.2) is 0 Å². The van der Waals surface area contributed by atoms with Gasteiger partial charge in [0, 0.05) is 16.6 Å². The van der Waals surface area contributed by atoms with Crippen LogP contribution in [0.25, 0.3) is 10.8 Å². The normalized spacial score (nSPS) is 11.5. The second kappa shape index (κ2) is 6.04. The van der Waals surface area contributed by atoms with Gasteiger partial charge in [0.1, 0.15) is 0 Å². The molecule has 0 saturated heterocycles. The van der Waals surface area contributed by atoms with Crippen LogP contribution in [-0.4, -0.2) is 16.1 Å². The number of H-pyrrole nitrogens is 1. The molecule has 1 aromatic heterocycles. The highest BCUT2D eigenvalue weighted by Gasteiger charge is 2.30. The third-order valence-electron chi connectivity index (χ3n) is 3.71. The molecule has 0 fully saturated rings. The van der Waals surface area contributed by atoms with Gasteiger partial charge in [-0.05, 0) is 49.4 Å². The van der Waals surface area contributed by atoms with Crippen molar-refractivity contribution in [1.29, 1.82) is 0 Å². The SMILES string of the molecule is Cc1n[nH]c(=O)c2ccc(C(=O)Nc3ccc(C(F)(F)F)cc3)cc12. The van der Waals surface area contributed by atoms with Gasteiger partial charge < -0.3 is 5.32 Å². The molecule has 0 bridgehead atoms. The van der Waals surface area contributed by atoms with Crippen molar-refractivity contribution >= 4 is 22.4 Å². The van der Waals surface area contributed by atoms with Crippen LogP contribution in [0.15, 0.2) is 47.3 Å². The summed E-state index contributed by atoms with van der Waals surface area (Å²) in [6.45, 7) is 1.69. The Balaban J connectivity index is 1.87. The molecule has 0 aliphatic heterocycles. The number of hydrogen-bond donors (Lipinski definition) is 2. The van der Waals surface area contributed by atoms with Crippen molar-refractivity contribution in [2.45, 2.75) is 13.1 Å². The van der Waals surface area contributed by atoms with Crippen LogP contribution in [0.2, 0.25) is 0 Å². The first kappa shape index (κ1) is 16.7. The van der Waals surface area contributed by atoms with Crippen LogP contribution < -0.4 is 10.9 Å². The fourth-order valence-electron chi connectivity index (χ4n) is 2.38. The summed E-state index contributed by atoms with van der Waals surface area (Å²) in [6, 6.07) is 8.64. The van der Waals surface area contributed by atoms with E-state index < -0.39 is 17.6 Å². The molecule has 2 N–H and O–H groups in total. The number of aromatic amines is 1. The summed E-state index contributed by atoms with van der Waals surface area (Å²) >= 11 is 0. The van der Waals surface area contributed by atoms with Gasteiger partial charge >= 0.3 is 6.18 Å². The highest BCUT2D eigenvalue weighted by atomic mass is 19.4. The number of rotatable bonds is 2. The standard InChI is InChI=1S/C17H12F3N3O2/c1-9-14-8-10(2-7-13(14)16(25)23-22-9)15(24)21-12-5-3-11(4-6-12)17(18,19)20/h2-8H,1H3,(H,21,24)(H,23,25). The Morgan fingerprint density at radius 1 is 1.08 bits per heavy atom. The van der Waals surface area contributed by atoms with E-state index in [1.807, 2.05) is 0 Å². The molecular formula is C17H12F3N3O2. The number of fused-ring (bicyclic) bond motifs is 1. The Morgan fingerprint density at radius 2 is 1.76 bits per heavy atom.